The first-order valence-electron chi connectivity index (χ1n) is 8.61. The third kappa shape index (κ3) is 3.33. The molecule has 3 aromatic rings. The first-order chi connectivity index (χ1) is 12.1. The van der Waals surface area contributed by atoms with Gasteiger partial charge in [-0.05, 0) is 38.0 Å². The summed E-state index contributed by atoms with van der Waals surface area (Å²) in [6.07, 6.45) is 0.981. The lowest BCUT2D eigenvalue weighted by atomic mass is 10.1. The molecule has 0 aliphatic heterocycles. The molecule has 0 spiro atoms. The summed E-state index contributed by atoms with van der Waals surface area (Å²) in [5.74, 6) is 0.432. The number of nitrogens with zero attached hydrogens (tertiary/aromatic N) is 5. The van der Waals surface area contributed by atoms with Crippen molar-refractivity contribution < 1.29 is 4.79 Å². The highest BCUT2D eigenvalue weighted by Crippen LogP contribution is 2.27. The summed E-state index contributed by atoms with van der Waals surface area (Å²) in [6, 6.07) is 6.39. The fourth-order valence-electron chi connectivity index (χ4n) is 2.97. The number of hydrogen-bond donors (Lipinski definition) is 0. The van der Waals surface area contributed by atoms with Crippen molar-refractivity contribution in [1.82, 2.24) is 24.6 Å². The fourth-order valence-corrected chi connectivity index (χ4v) is 3.65. The van der Waals surface area contributed by atoms with Crippen molar-refractivity contribution >= 4 is 39.7 Å². The number of carbonyl (C=O) groups is 1. The Balaban J connectivity index is 1.91. The van der Waals surface area contributed by atoms with Crippen molar-refractivity contribution in [3.63, 3.8) is 0 Å². The van der Waals surface area contributed by atoms with Crippen LogP contribution < -0.4 is 0 Å². The Morgan fingerprint density at radius 1 is 1.20 bits per heavy atom. The van der Waals surface area contributed by atoms with Gasteiger partial charge in [0.25, 0.3) is 0 Å². The third-order valence-electron chi connectivity index (χ3n) is 4.49. The number of fused-ring (bicyclic) bond motifs is 3. The van der Waals surface area contributed by atoms with E-state index in [0.717, 1.165) is 41.6 Å². The van der Waals surface area contributed by atoms with Gasteiger partial charge in [-0.15, -0.1) is 10.2 Å². The molecule has 25 heavy (non-hydrogen) atoms. The molecule has 0 radical (unpaired) electrons. The molecular formula is C18H23N5OS. The largest absolute Gasteiger partial charge is 0.343 e. The number of aromatic nitrogens is 4. The molecular weight excluding hydrogens is 334 g/mol. The van der Waals surface area contributed by atoms with E-state index in [1.807, 2.05) is 30.4 Å². The maximum atomic E-state index is 12.1. The van der Waals surface area contributed by atoms with Crippen LogP contribution in [0.4, 0.5) is 0 Å². The smallest absolute Gasteiger partial charge is 0.233 e. The average molecular weight is 357 g/mol. The second-order valence-electron chi connectivity index (χ2n) is 5.89. The van der Waals surface area contributed by atoms with Crippen LogP contribution in [0.5, 0.6) is 0 Å². The molecule has 0 fully saturated rings. The van der Waals surface area contributed by atoms with Crippen LogP contribution in [-0.2, 0) is 18.3 Å². The van der Waals surface area contributed by atoms with Crippen molar-refractivity contribution in [2.45, 2.75) is 32.3 Å². The van der Waals surface area contributed by atoms with Crippen LogP contribution in [0.25, 0.3) is 22.1 Å². The summed E-state index contributed by atoms with van der Waals surface area (Å²) in [6.45, 7) is 7.54. The molecule has 0 bridgehead atoms. The fraction of sp³-hybridized carbons (Fsp3) is 0.444. The van der Waals surface area contributed by atoms with Crippen LogP contribution in [0, 0.1) is 0 Å². The van der Waals surface area contributed by atoms with Crippen molar-refractivity contribution in [2.24, 2.45) is 7.05 Å². The lowest BCUT2D eigenvalue weighted by molar-refractivity contribution is -0.127. The van der Waals surface area contributed by atoms with Gasteiger partial charge in [0.2, 0.25) is 11.1 Å². The van der Waals surface area contributed by atoms with Gasteiger partial charge in [0.1, 0.15) is 5.52 Å². The van der Waals surface area contributed by atoms with Crippen LogP contribution in [0.3, 0.4) is 0 Å². The van der Waals surface area contributed by atoms with Gasteiger partial charge in [0.15, 0.2) is 5.65 Å². The Bertz CT molecular complexity index is 917. The number of aryl methyl sites for hydroxylation is 2. The summed E-state index contributed by atoms with van der Waals surface area (Å²) in [7, 11) is 1.99. The molecule has 2 aromatic heterocycles. The summed E-state index contributed by atoms with van der Waals surface area (Å²) in [5.41, 5.74) is 3.98. The molecule has 0 unspecified atom stereocenters. The minimum atomic E-state index is 0.100. The molecule has 0 saturated carbocycles. The zero-order valence-electron chi connectivity index (χ0n) is 15.1. The molecule has 3 rings (SSSR count). The summed E-state index contributed by atoms with van der Waals surface area (Å²) < 4.78 is 2.04. The zero-order valence-corrected chi connectivity index (χ0v) is 15.9. The second-order valence-corrected chi connectivity index (χ2v) is 6.83. The molecule has 0 aliphatic carbocycles. The topological polar surface area (TPSA) is 63.9 Å². The minimum absolute atomic E-state index is 0.100. The number of carbonyl (C=O) groups excluding carboxylic acids is 1. The van der Waals surface area contributed by atoms with Crippen molar-refractivity contribution in [2.75, 3.05) is 18.8 Å². The molecule has 7 heteroatoms. The predicted molar refractivity (Wildman–Crippen MR) is 102 cm³/mol. The highest BCUT2D eigenvalue weighted by atomic mass is 32.2. The summed E-state index contributed by atoms with van der Waals surface area (Å²) in [4.78, 5) is 18.6. The Kier molecular flexibility index (Phi) is 5.22. The normalized spacial score (nSPS) is 11.4. The lowest BCUT2D eigenvalue weighted by Gasteiger charge is -2.17. The molecule has 0 aliphatic rings. The second kappa shape index (κ2) is 7.39. The summed E-state index contributed by atoms with van der Waals surface area (Å²) in [5, 5.41) is 10.2. The minimum Gasteiger partial charge on any atom is -0.343 e. The Hall–Kier alpha value is -2.15. The molecule has 0 atom stereocenters. The summed E-state index contributed by atoms with van der Waals surface area (Å²) >= 11 is 1.34. The SMILES string of the molecule is CCc1ccc2c(c1)c1nnc(SCC(=O)N(CC)CC)nc1n2C. The van der Waals surface area contributed by atoms with Gasteiger partial charge in [0, 0.05) is 25.5 Å². The van der Waals surface area contributed by atoms with Gasteiger partial charge in [-0.2, -0.15) is 0 Å². The maximum absolute atomic E-state index is 12.1. The number of thioether (sulfide) groups is 1. The monoisotopic (exact) mass is 357 g/mol. The van der Waals surface area contributed by atoms with Crippen LogP contribution >= 0.6 is 11.8 Å². The molecule has 6 nitrogen and oxygen atoms in total. The Labute approximate surface area is 151 Å². The number of hydrogen-bond acceptors (Lipinski definition) is 5. The van der Waals surface area contributed by atoms with Gasteiger partial charge < -0.3 is 9.47 Å². The molecule has 1 amide bonds. The molecule has 0 N–H and O–H groups in total. The number of rotatable bonds is 6. The van der Waals surface area contributed by atoms with E-state index >= 15 is 0 Å². The lowest BCUT2D eigenvalue weighted by Crippen LogP contribution is -2.31. The van der Waals surface area contributed by atoms with E-state index in [2.05, 4.69) is 40.3 Å². The first-order valence-corrected chi connectivity index (χ1v) is 9.59. The average Bonchev–Trinajstić information content (AvgIpc) is 2.92. The van der Waals surface area contributed by atoms with Crippen molar-refractivity contribution in [3.05, 3.63) is 23.8 Å². The highest BCUT2D eigenvalue weighted by Gasteiger charge is 2.15. The first kappa shape index (κ1) is 17.7. The zero-order chi connectivity index (χ0) is 18.0. The van der Waals surface area contributed by atoms with E-state index in [1.165, 1.54) is 17.3 Å². The molecule has 2 heterocycles. The van der Waals surface area contributed by atoms with E-state index in [9.17, 15) is 4.79 Å². The van der Waals surface area contributed by atoms with Gasteiger partial charge >= 0.3 is 0 Å². The van der Waals surface area contributed by atoms with Crippen molar-refractivity contribution in [3.8, 4) is 0 Å². The van der Waals surface area contributed by atoms with Crippen LogP contribution in [0.2, 0.25) is 0 Å². The standard InChI is InChI=1S/C18H23N5OS/c1-5-12-8-9-14-13(10-12)16-17(22(14)4)19-18(21-20-16)25-11-15(24)23(6-2)7-3/h8-10H,5-7,11H2,1-4H3. The maximum Gasteiger partial charge on any atom is 0.233 e. The van der Waals surface area contributed by atoms with E-state index < -0.39 is 0 Å². The molecule has 132 valence electrons. The number of amides is 1. The number of benzene rings is 1. The predicted octanol–water partition coefficient (Wildman–Crippen LogP) is 3.04. The van der Waals surface area contributed by atoms with Crippen molar-refractivity contribution in [1.29, 1.82) is 0 Å². The van der Waals surface area contributed by atoms with Crippen LogP contribution in [0.15, 0.2) is 23.4 Å². The van der Waals surface area contributed by atoms with Crippen LogP contribution in [-0.4, -0.2) is 49.4 Å². The Morgan fingerprint density at radius 3 is 2.64 bits per heavy atom. The van der Waals surface area contributed by atoms with E-state index in [4.69, 9.17) is 0 Å². The van der Waals surface area contributed by atoms with Gasteiger partial charge in [-0.25, -0.2) is 4.98 Å². The van der Waals surface area contributed by atoms with Crippen LogP contribution in [0.1, 0.15) is 26.3 Å². The van der Waals surface area contributed by atoms with Gasteiger partial charge in [0.05, 0.1) is 11.3 Å². The quantitative estimate of drug-likeness (QED) is 0.635. The third-order valence-corrected chi connectivity index (χ3v) is 5.32. The van der Waals surface area contributed by atoms with E-state index in [0.29, 0.717) is 10.9 Å². The molecule has 1 aromatic carbocycles. The molecule has 0 saturated heterocycles. The van der Waals surface area contributed by atoms with E-state index in [-0.39, 0.29) is 5.91 Å². The van der Waals surface area contributed by atoms with E-state index in [1.54, 1.807) is 0 Å². The highest BCUT2D eigenvalue weighted by molar-refractivity contribution is 7.99. The van der Waals surface area contributed by atoms with Gasteiger partial charge in [-0.3, -0.25) is 4.79 Å². The van der Waals surface area contributed by atoms with Gasteiger partial charge in [-0.1, -0.05) is 24.8 Å². The Morgan fingerprint density at radius 2 is 1.96 bits per heavy atom.